The fourth-order valence-corrected chi connectivity index (χ4v) is 5.32. The van der Waals surface area contributed by atoms with Crippen molar-refractivity contribution in [2.24, 2.45) is 5.92 Å². The van der Waals surface area contributed by atoms with Gasteiger partial charge in [0.05, 0.1) is 10.1 Å². The van der Waals surface area contributed by atoms with Crippen LogP contribution in [0.5, 0.6) is 0 Å². The van der Waals surface area contributed by atoms with Crippen LogP contribution in [0.4, 0.5) is 0 Å². The third-order valence-electron chi connectivity index (χ3n) is 4.18. The average Bonchev–Trinajstić information content (AvgIpc) is 3.00. The molecule has 5 radical (unpaired) electrons. The molecule has 1 aliphatic carbocycles. The first-order valence-electron chi connectivity index (χ1n) is 8.70. The molecule has 0 spiro atoms. The highest BCUT2D eigenvalue weighted by Crippen LogP contribution is 2.43. The van der Waals surface area contributed by atoms with Gasteiger partial charge in [0.15, 0.2) is 0 Å². The molecule has 143 valence electrons. The molecule has 0 heterocycles. The summed E-state index contributed by atoms with van der Waals surface area (Å²) in [5.74, 6) is 0.789. The first-order chi connectivity index (χ1) is 11.9. The van der Waals surface area contributed by atoms with Crippen LogP contribution >= 0.6 is 0 Å². The Morgan fingerprint density at radius 3 is 2.12 bits per heavy atom. The number of rotatable bonds is 6. The van der Waals surface area contributed by atoms with E-state index in [4.69, 9.17) is 0 Å². The second-order valence-corrected chi connectivity index (χ2v) is 11.8. The zero-order valence-corrected chi connectivity index (χ0v) is 17.9. The molecule has 1 aromatic carbocycles. The molecule has 0 bridgehead atoms. The van der Waals surface area contributed by atoms with Gasteiger partial charge in [-0.25, -0.2) is 13.1 Å². The lowest BCUT2D eigenvalue weighted by atomic mass is 9.90. The van der Waals surface area contributed by atoms with E-state index >= 15 is 0 Å². The second-order valence-electron chi connectivity index (χ2n) is 7.88. The Morgan fingerprint density at radius 1 is 1.04 bits per heavy atom. The quantitative estimate of drug-likeness (QED) is 0.802. The van der Waals surface area contributed by atoms with Crippen molar-refractivity contribution in [2.75, 3.05) is 0 Å². The monoisotopic (exact) mass is 394 g/mol. The molecule has 0 amide bonds. The molecule has 1 aliphatic rings. The Labute approximate surface area is 161 Å². The van der Waals surface area contributed by atoms with Gasteiger partial charge in [-0.15, -0.1) is 0 Å². The summed E-state index contributed by atoms with van der Waals surface area (Å²) in [4.78, 5) is 0.235. The van der Waals surface area contributed by atoms with E-state index in [0.717, 1.165) is 11.5 Å². The van der Waals surface area contributed by atoms with E-state index in [2.05, 4.69) is 4.72 Å². The Balaban J connectivity index is 2.28. The molecule has 4 nitrogen and oxygen atoms in total. The largest absolute Gasteiger partial charge is 0.258 e. The summed E-state index contributed by atoms with van der Waals surface area (Å²) in [6.07, 6.45) is 5.53. The molecule has 26 heavy (non-hydrogen) atoms. The molecular formula is C20H28NO3S2. The molecule has 0 saturated heterocycles. The standard InChI is InChI=1S/C20H28NO3S2/c1-14(2)19(17-8-7-9-18(17)25(22)20(4,5)6)21-26(23,24)16-12-10-15(3)11-13-16/h7-14,19,21H,1-6H3/t19-,25-/m1/s1. The van der Waals surface area contributed by atoms with E-state index in [1.54, 1.807) is 24.3 Å². The summed E-state index contributed by atoms with van der Waals surface area (Å²) in [6.45, 7) is 11.6. The number of hydrogen-bond acceptors (Lipinski definition) is 3. The molecule has 2 rings (SSSR count). The predicted octanol–water partition coefficient (Wildman–Crippen LogP) is 3.58. The first kappa shape index (κ1) is 21.6. The smallest absolute Gasteiger partial charge is 0.240 e. The van der Waals surface area contributed by atoms with Gasteiger partial charge < -0.3 is 0 Å². The van der Waals surface area contributed by atoms with Crippen LogP contribution in [0.15, 0.2) is 29.2 Å². The van der Waals surface area contributed by atoms with Crippen LogP contribution in [0.3, 0.4) is 0 Å². The summed E-state index contributed by atoms with van der Waals surface area (Å²) < 4.78 is 41.0. The first-order valence-corrected chi connectivity index (χ1v) is 11.3. The normalized spacial score (nSPS) is 19.8. The SMILES string of the molecule is Cc1ccc(S(=O)(=O)N[C@@H]([C]2[CH][CH][CH][C]2[S@@](=O)C(C)(C)C)C(C)C)cc1. The van der Waals surface area contributed by atoms with Crippen molar-refractivity contribution in [3.63, 3.8) is 0 Å². The Morgan fingerprint density at radius 2 is 1.62 bits per heavy atom. The molecule has 2 atom stereocenters. The van der Waals surface area contributed by atoms with Crippen LogP contribution in [0.1, 0.15) is 40.2 Å². The Kier molecular flexibility index (Phi) is 6.73. The van der Waals surface area contributed by atoms with Gasteiger partial charge in [0.1, 0.15) is 0 Å². The molecule has 0 aliphatic heterocycles. The van der Waals surface area contributed by atoms with Crippen molar-refractivity contribution in [1.29, 1.82) is 0 Å². The van der Waals surface area contributed by atoms with E-state index < -0.39 is 31.6 Å². The summed E-state index contributed by atoms with van der Waals surface area (Å²) in [7, 11) is -4.90. The maximum atomic E-state index is 12.9. The van der Waals surface area contributed by atoms with E-state index in [-0.39, 0.29) is 10.8 Å². The van der Waals surface area contributed by atoms with E-state index in [9.17, 15) is 12.6 Å². The van der Waals surface area contributed by atoms with Crippen molar-refractivity contribution >= 4 is 20.8 Å². The second kappa shape index (κ2) is 8.11. The molecule has 0 unspecified atom stereocenters. The fraction of sp³-hybridized carbons (Fsp3) is 0.450. The number of hydrogen-bond donors (Lipinski definition) is 1. The highest BCUT2D eigenvalue weighted by Gasteiger charge is 2.44. The minimum atomic E-state index is -3.67. The van der Waals surface area contributed by atoms with Crippen molar-refractivity contribution in [2.45, 2.75) is 57.2 Å². The number of benzene rings is 1. The van der Waals surface area contributed by atoms with Gasteiger partial charge in [-0.05, 0) is 65.0 Å². The van der Waals surface area contributed by atoms with Crippen LogP contribution < -0.4 is 4.72 Å². The van der Waals surface area contributed by atoms with Gasteiger partial charge in [-0.2, -0.15) is 0 Å². The maximum Gasteiger partial charge on any atom is 0.240 e. The lowest BCUT2D eigenvalue weighted by Crippen LogP contribution is -2.45. The topological polar surface area (TPSA) is 63.2 Å². The molecule has 1 aromatic rings. The minimum Gasteiger partial charge on any atom is -0.258 e. The van der Waals surface area contributed by atoms with Crippen molar-refractivity contribution in [3.05, 3.63) is 60.3 Å². The number of sulfonamides is 1. The maximum absolute atomic E-state index is 12.9. The van der Waals surface area contributed by atoms with E-state index in [1.165, 1.54) is 0 Å². The van der Waals surface area contributed by atoms with E-state index in [1.807, 2.05) is 60.8 Å². The van der Waals surface area contributed by atoms with Crippen LogP contribution in [0.2, 0.25) is 0 Å². The highest BCUT2D eigenvalue weighted by atomic mass is 32.2. The summed E-state index contributed by atoms with van der Waals surface area (Å²) in [6, 6.07) is 6.32. The molecule has 1 saturated carbocycles. The third-order valence-corrected chi connectivity index (χ3v) is 7.52. The van der Waals surface area contributed by atoms with Crippen molar-refractivity contribution in [3.8, 4) is 0 Å². The summed E-state index contributed by atoms with van der Waals surface area (Å²) in [5.41, 5.74) is 1.00. The third kappa shape index (κ3) is 4.96. The van der Waals surface area contributed by atoms with E-state index in [0.29, 0.717) is 5.25 Å². The van der Waals surface area contributed by atoms with Crippen LogP contribution in [-0.4, -0.2) is 23.4 Å². The van der Waals surface area contributed by atoms with Crippen LogP contribution in [-0.2, 0) is 20.8 Å². The zero-order valence-electron chi connectivity index (χ0n) is 16.2. The molecule has 0 aromatic heterocycles. The molecule has 1 fully saturated rings. The zero-order chi connectivity index (χ0) is 19.7. The number of aryl methyl sites for hydroxylation is 1. The van der Waals surface area contributed by atoms with Crippen LogP contribution in [0.25, 0.3) is 0 Å². The molecule has 1 N–H and O–H groups in total. The van der Waals surface area contributed by atoms with Gasteiger partial charge in [0.25, 0.3) is 0 Å². The van der Waals surface area contributed by atoms with Gasteiger partial charge in [-0.1, -0.05) is 31.5 Å². The average molecular weight is 395 g/mol. The van der Waals surface area contributed by atoms with Crippen molar-refractivity contribution in [1.82, 2.24) is 4.72 Å². The van der Waals surface area contributed by atoms with Crippen LogP contribution in [0, 0.1) is 43.3 Å². The fourth-order valence-electron chi connectivity index (χ4n) is 2.68. The van der Waals surface area contributed by atoms with Gasteiger partial charge in [0, 0.05) is 27.5 Å². The van der Waals surface area contributed by atoms with Crippen molar-refractivity contribution < 1.29 is 12.6 Å². The van der Waals surface area contributed by atoms with Gasteiger partial charge in [-0.3, -0.25) is 4.21 Å². The lowest BCUT2D eigenvalue weighted by Gasteiger charge is -2.33. The lowest BCUT2D eigenvalue weighted by molar-refractivity contribution is 0.470. The Bertz CT molecular complexity index is 733. The molecule has 6 heteroatoms. The highest BCUT2D eigenvalue weighted by molar-refractivity contribution is 7.90. The van der Waals surface area contributed by atoms with Gasteiger partial charge >= 0.3 is 0 Å². The Hall–Kier alpha value is -0.720. The molecular weight excluding hydrogens is 366 g/mol. The summed E-state index contributed by atoms with van der Waals surface area (Å²) in [5, 5.41) is 0.697. The van der Waals surface area contributed by atoms with Gasteiger partial charge in [0.2, 0.25) is 10.0 Å². The predicted molar refractivity (Wildman–Crippen MR) is 107 cm³/mol. The summed E-state index contributed by atoms with van der Waals surface area (Å²) >= 11 is 0. The minimum absolute atomic E-state index is 0.00772. The number of nitrogens with one attached hydrogen (secondary N) is 1.